The third kappa shape index (κ3) is 3.93. The topological polar surface area (TPSA) is 32.3 Å². The highest BCUT2D eigenvalue weighted by atomic mass is 16.2. The molecule has 0 saturated carbocycles. The Balaban J connectivity index is 2.34. The molecule has 0 bridgehead atoms. The van der Waals surface area contributed by atoms with E-state index in [0.717, 1.165) is 13.0 Å². The predicted molar refractivity (Wildman–Crippen MR) is 61.3 cm³/mol. The third-order valence-corrected chi connectivity index (χ3v) is 2.95. The minimum absolute atomic E-state index is 0.0494. The second kappa shape index (κ2) is 6.47. The van der Waals surface area contributed by atoms with E-state index in [9.17, 15) is 4.79 Å². The molecule has 84 valence electrons. The Bertz CT molecular complexity index is 244. The monoisotopic (exact) mass is 208 g/mol. The number of terminal acetylenes is 1. The summed E-state index contributed by atoms with van der Waals surface area (Å²) in [6, 6.07) is 0.579. The van der Waals surface area contributed by atoms with Crippen molar-refractivity contribution in [1.82, 2.24) is 10.2 Å². The zero-order chi connectivity index (χ0) is 11.1. The fourth-order valence-electron chi connectivity index (χ4n) is 2.12. The maximum absolute atomic E-state index is 11.5. The van der Waals surface area contributed by atoms with Gasteiger partial charge in [-0.3, -0.25) is 9.69 Å². The SMILES string of the molecule is C#CCNC(=O)CN1CCCCC1CC. The number of piperidine rings is 1. The molecule has 3 heteroatoms. The summed E-state index contributed by atoms with van der Waals surface area (Å²) in [5.41, 5.74) is 0. The van der Waals surface area contributed by atoms with Gasteiger partial charge in [-0.1, -0.05) is 19.3 Å². The summed E-state index contributed by atoms with van der Waals surface area (Å²) in [6.07, 6.45) is 9.93. The Morgan fingerprint density at radius 1 is 1.60 bits per heavy atom. The molecule has 0 radical (unpaired) electrons. The fourth-order valence-corrected chi connectivity index (χ4v) is 2.12. The van der Waals surface area contributed by atoms with Crippen LogP contribution in [0.15, 0.2) is 0 Å². The molecule has 0 aromatic rings. The van der Waals surface area contributed by atoms with E-state index in [1.54, 1.807) is 0 Å². The highest BCUT2D eigenvalue weighted by Crippen LogP contribution is 2.18. The quantitative estimate of drug-likeness (QED) is 0.699. The molecule has 1 saturated heterocycles. The molecule has 0 aliphatic carbocycles. The second-order valence-electron chi connectivity index (χ2n) is 4.01. The van der Waals surface area contributed by atoms with Crippen LogP contribution in [0.25, 0.3) is 0 Å². The number of carbonyl (C=O) groups excluding carboxylic acids is 1. The molecule has 0 spiro atoms. The van der Waals surface area contributed by atoms with Gasteiger partial charge in [0.1, 0.15) is 0 Å². The van der Waals surface area contributed by atoms with Gasteiger partial charge in [-0.25, -0.2) is 0 Å². The molecule has 1 fully saturated rings. The average molecular weight is 208 g/mol. The number of hydrogen-bond donors (Lipinski definition) is 1. The van der Waals surface area contributed by atoms with Crippen molar-refractivity contribution >= 4 is 5.91 Å². The van der Waals surface area contributed by atoms with Crippen molar-refractivity contribution in [2.75, 3.05) is 19.6 Å². The van der Waals surface area contributed by atoms with E-state index in [2.05, 4.69) is 23.1 Å². The first-order valence-electron chi connectivity index (χ1n) is 5.72. The van der Waals surface area contributed by atoms with Crippen LogP contribution in [0.3, 0.4) is 0 Å². The largest absolute Gasteiger partial charge is 0.344 e. The average Bonchev–Trinajstić information content (AvgIpc) is 2.27. The zero-order valence-electron chi connectivity index (χ0n) is 9.46. The Morgan fingerprint density at radius 2 is 2.40 bits per heavy atom. The molecule has 1 atom stereocenters. The molecule has 1 aliphatic heterocycles. The van der Waals surface area contributed by atoms with Gasteiger partial charge in [0.2, 0.25) is 5.91 Å². The van der Waals surface area contributed by atoms with E-state index < -0.39 is 0 Å². The third-order valence-electron chi connectivity index (χ3n) is 2.95. The molecule has 3 nitrogen and oxygen atoms in total. The number of nitrogens with one attached hydrogen (secondary N) is 1. The molecule has 15 heavy (non-hydrogen) atoms. The van der Waals surface area contributed by atoms with Crippen LogP contribution in [0.5, 0.6) is 0 Å². The molecule has 1 rings (SSSR count). The van der Waals surface area contributed by atoms with Crippen LogP contribution in [0.1, 0.15) is 32.6 Å². The summed E-state index contributed by atoms with van der Waals surface area (Å²) >= 11 is 0. The first kappa shape index (κ1) is 12.1. The summed E-state index contributed by atoms with van der Waals surface area (Å²) in [5, 5.41) is 2.71. The van der Waals surface area contributed by atoms with Gasteiger partial charge in [0.25, 0.3) is 0 Å². The van der Waals surface area contributed by atoms with Crippen molar-refractivity contribution in [1.29, 1.82) is 0 Å². The van der Waals surface area contributed by atoms with Gasteiger partial charge >= 0.3 is 0 Å². The van der Waals surface area contributed by atoms with Crippen LogP contribution in [-0.4, -0.2) is 36.5 Å². The van der Waals surface area contributed by atoms with Crippen LogP contribution >= 0.6 is 0 Å². The fraction of sp³-hybridized carbons (Fsp3) is 0.750. The summed E-state index contributed by atoms with van der Waals surface area (Å²) in [5.74, 6) is 2.46. The van der Waals surface area contributed by atoms with Crippen molar-refractivity contribution < 1.29 is 4.79 Å². The van der Waals surface area contributed by atoms with E-state index in [-0.39, 0.29) is 5.91 Å². The van der Waals surface area contributed by atoms with Gasteiger partial charge in [0, 0.05) is 6.04 Å². The molecule has 0 aromatic carbocycles. The van der Waals surface area contributed by atoms with Crippen LogP contribution in [0.4, 0.5) is 0 Å². The number of nitrogens with zero attached hydrogens (tertiary/aromatic N) is 1. The van der Waals surface area contributed by atoms with Crippen LogP contribution < -0.4 is 5.32 Å². The number of carbonyl (C=O) groups is 1. The standard InChI is InChI=1S/C12H20N2O/c1-3-8-13-12(15)10-14-9-6-5-7-11(14)4-2/h1,11H,4-10H2,2H3,(H,13,15). The smallest absolute Gasteiger partial charge is 0.234 e. The molecule has 0 aromatic heterocycles. The zero-order valence-corrected chi connectivity index (χ0v) is 9.46. The summed E-state index contributed by atoms with van der Waals surface area (Å²) in [6.45, 7) is 4.06. The molecule has 1 N–H and O–H groups in total. The first-order valence-corrected chi connectivity index (χ1v) is 5.72. The highest BCUT2D eigenvalue weighted by molar-refractivity contribution is 5.78. The Hall–Kier alpha value is -1.01. The molecule has 1 heterocycles. The van der Waals surface area contributed by atoms with E-state index in [4.69, 9.17) is 6.42 Å². The Kier molecular flexibility index (Phi) is 5.20. The molecule has 1 unspecified atom stereocenters. The number of amides is 1. The summed E-state index contributed by atoms with van der Waals surface area (Å²) < 4.78 is 0. The molecular weight excluding hydrogens is 188 g/mol. The van der Waals surface area contributed by atoms with Crippen molar-refractivity contribution in [3.8, 4) is 12.3 Å². The Labute approximate surface area is 92.2 Å². The van der Waals surface area contributed by atoms with Crippen molar-refractivity contribution in [3.63, 3.8) is 0 Å². The van der Waals surface area contributed by atoms with Crippen LogP contribution in [-0.2, 0) is 4.79 Å². The van der Waals surface area contributed by atoms with Gasteiger partial charge in [0.05, 0.1) is 13.1 Å². The molecule has 1 aliphatic rings. The van der Waals surface area contributed by atoms with Gasteiger partial charge in [-0.2, -0.15) is 0 Å². The predicted octanol–water partition coefficient (Wildman–Crippen LogP) is 1.00. The summed E-state index contributed by atoms with van der Waals surface area (Å²) in [7, 11) is 0. The molecule has 1 amide bonds. The number of rotatable bonds is 4. The van der Waals surface area contributed by atoms with Gasteiger partial charge < -0.3 is 5.32 Å². The van der Waals surface area contributed by atoms with Crippen molar-refractivity contribution in [2.45, 2.75) is 38.6 Å². The van der Waals surface area contributed by atoms with Gasteiger partial charge in [-0.15, -0.1) is 6.42 Å². The van der Waals surface area contributed by atoms with E-state index in [1.165, 1.54) is 19.3 Å². The lowest BCUT2D eigenvalue weighted by Crippen LogP contribution is -2.45. The van der Waals surface area contributed by atoms with E-state index >= 15 is 0 Å². The lowest BCUT2D eigenvalue weighted by Gasteiger charge is -2.34. The lowest BCUT2D eigenvalue weighted by molar-refractivity contribution is -0.122. The number of hydrogen-bond acceptors (Lipinski definition) is 2. The minimum atomic E-state index is 0.0494. The summed E-state index contributed by atoms with van der Waals surface area (Å²) in [4.78, 5) is 13.8. The van der Waals surface area contributed by atoms with E-state index in [0.29, 0.717) is 19.1 Å². The van der Waals surface area contributed by atoms with Gasteiger partial charge in [0.15, 0.2) is 0 Å². The lowest BCUT2D eigenvalue weighted by atomic mass is 10.0. The first-order chi connectivity index (χ1) is 7.27. The van der Waals surface area contributed by atoms with Gasteiger partial charge in [-0.05, 0) is 25.8 Å². The maximum Gasteiger partial charge on any atom is 0.234 e. The number of likely N-dealkylation sites (tertiary alicyclic amines) is 1. The van der Waals surface area contributed by atoms with Crippen molar-refractivity contribution in [2.24, 2.45) is 0 Å². The van der Waals surface area contributed by atoms with Crippen molar-refractivity contribution in [3.05, 3.63) is 0 Å². The van der Waals surface area contributed by atoms with Crippen LogP contribution in [0, 0.1) is 12.3 Å². The minimum Gasteiger partial charge on any atom is -0.344 e. The maximum atomic E-state index is 11.5. The highest BCUT2D eigenvalue weighted by Gasteiger charge is 2.22. The van der Waals surface area contributed by atoms with Crippen LogP contribution in [0.2, 0.25) is 0 Å². The molecular formula is C12H20N2O. The normalized spacial score (nSPS) is 22.0. The second-order valence-corrected chi connectivity index (χ2v) is 4.01. The van der Waals surface area contributed by atoms with E-state index in [1.807, 2.05) is 0 Å². The Morgan fingerprint density at radius 3 is 3.07 bits per heavy atom.